The summed E-state index contributed by atoms with van der Waals surface area (Å²) >= 11 is 1.12. The summed E-state index contributed by atoms with van der Waals surface area (Å²) in [4.78, 5) is 31.0. The minimum absolute atomic E-state index is 0.152. The number of nitrogens with zero attached hydrogens (tertiary/aromatic N) is 2. The number of ether oxygens (including phenoxy) is 1. The van der Waals surface area contributed by atoms with Crippen molar-refractivity contribution in [2.75, 3.05) is 11.9 Å². The van der Waals surface area contributed by atoms with E-state index in [0.29, 0.717) is 11.5 Å². The molecule has 0 bridgehead atoms. The van der Waals surface area contributed by atoms with Crippen molar-refractivity contribution in [3.05, 3.63) is 11.1 Å². The molecule has 1 amide bonds. The topological polar surface area (TPSA) is 89.9 Å². The van der Waals surface area contributed by atoms with Gasteiger partial charge in [-0.1, -0.05) is 5.16 Å². The Morgan fingerprint density at radius 2 is 2.50 bits per heavy atom. The van der Waals surface area contributed by atoms with Gasteiger partial charge in [0.25, 0.3) is 0 Å². The van der Waals surface area contributed by atoms with E-state index in [0.717, 1.165) is 11.3 Å². The number of hydrogen-bond acceptors (Lipinski definition) is 7. The normalized spacial score (nSPS) is 21.2. The molecule has 20 heavy (non-hydrogen) atoms. The smallest absolute Gasteiger partial charge is 0.362 e. The highest BCUT2D eigenvalue weighted by molar-refractivity contribution is 7.14. The largest absolute Gasteiger partial charge is 0.461 e. The maximum Gasteiger partial charge on any atom is 0.362 e. The quantitative estimate of drug-likeness (QED) is 0.352. The van der Waals surface area contributed by atoms with Gasteiger partial charge in [-0.2, -0.15) is 0 Å². The third-order valence-corrected chi connectivity index (χ3v) is 3.11. The molecule has 1 fully saturated rings. The van der Waals surface area contributed by atoms with E-state index in [1.54, 1.807) is 6.92 Å². The summed E-state index contributed by atoms with van der Waals surface area (Å²) in [5.41, 5.74) is 0.0509. The van der Waals surface area contributed by atoms with Crippen LogP contribution < -0.4 is 5.32 Å². The molecule has 1 N–H and O–H groups in total. The van der Waals surface area contributed by atoms with Gasteiger partial charge in [0, 0.05) is 11.8 Å². The summed E-state index contributed by atoms with van der Waals surface area (Å²) in [6, 6.07) is 0. The van der Waals surface area contributed by atoms with Crippen molar-refractivity contribution in [3.8, 4) is 0 Å². The number of alkyl halides is 1. The summed E-state index contributed by atoms with van der Waals surface area (Å²) in [6.45, 7) is 1.81. The summed E-state index contributed by atoms with van der Waals surface area (Å²) in [6.07, 6.45) is -0.942. The second-order valence-corrected chi connectivity index (χ2v) is 4.71. The second-order valence-electron chi connectivity index (χ2n) is 3.86. The standard InChI is InChI=1S/C11H12FN3O4S/c1-2-18-10(17)9(15-19-8-3-6(8)12)7-4-20-11(14-7)13-5-16/h4-6,8H,2-3H2,1H3,(H,13,14,16). The van der Waals surface area contributed by atoms with Gasteiger partial charge in [0.15, 0.2) is 11.2 Å². The summed E-state index contributed by atoms with van der Waals surface area (Å²) in [5, 5.41) is 7.81. The van der Waals surface area contributed by atoms with E-state index in [4.69, 9.17) is 9.57 Å². The maximum atomic E-state index is 12.7. The van der Waals surface area contributed by atoms with Gasteiger partial charge in [0.05, 0.1) is 6.61 Å². The molecule has 0 radical (unpaired) electrons. The number of nitrogens with one attached hydrogen (secondary N) is 1. The maximum absolute atomic E-state index is 12.7. The molecule has 0 aromatic carbocycles. The summed E-state index contributed by atoms with van der Waals surface area (Å²) in [7, 11) is 0. The van der Waals surface area contributed by atoms with Crippen molar-refractivity contribution in [3.63, 3.8) is 0 Å². The van der Waals surface area contributed by atoms with Crippen LogP contribution in [0.25, 0.3) is 0 Å². The predicted octanol–water partition coefficient (Wildman–Crippen LogP) is 1.11. The van der Waals surface area contributed by atoms with E-state index >= 15 is 0 Å². The van der Waals surface area contributed by atoms with Crippen LogP contribution in [0.2, 0.25) is 0 Å². The van der Waals surface area contributed by atoms with E-state index in [-0.39, 0.29) is 24.4 Å². The van der Waals surface area contributed by atoms with Crippen LogP contribution >= 0.6 is 11.3 Å². The monoisotopic (exact) mass is 301 g/mol. The molecule has 9 heteroatoms. The molecule has 2 rings (SSSR count). The number of aromatic nitrogens is 1. The highest BCUT2D eigenvalue weighted by Crippen LogP contribution is 2.29. The zero-order valence-electron chi connectivity index (χ0n) is 10.5. The molecule has 1 heterocycles. The van der Waals surface area contributed by atoms with Crippen molar-refractivity contribution < 1.29 is 23.6 Å². The number of esters is 1. The van der Waals surface area contributed by atoms with Crippen LogP contribution in [0.5, 0.6) is 0 Å². The fourth-order valence-corrected chi connectivity index (χ4v) is 1.91. The number of carbonyl (C=O) groups is 2. The number of hydrogen-bond donors (Lipinski definition) is 1. The molecule has 0 spiro atoms. The Balaban J connectivity index is 2.15. The van der Waals surface area contributed by atoms with Gasteiger partial charge in [-0.05, 0) is 6.92 Å². The molecule has 0 aliphatic heterocycles. The van der Waals surface area contributed by atoms with E-state index < -0.39 is 18.2 Å². The molecule has 1 aliphatic carbocycles. The number of thiazole rings is 1. The molecule has 1 aromatic rings. The van der Waals surface area contributed by atoms with Crippen molar-refractivity contribution in [1.82, 2.24) is 4.98 Å². The lowest BCUT2D eigenvalue weighted by Crippen LogP contribution is -2.20. The van der Waals surface area contributed by atoms with Crippen LogP contribution in [-0.4, -0.2) is 42.0 Å². The number of halogens is 1. The highest BCUT2D eigenvalue weighted by atomic mass is 32.1. The Kier molecular flexibility index (Phi) is 4.61. The molecule has 1 aromatic heterocycles. The average Bonchev–Trinajstić information content (AvgIpc) is 2.92. The third kappa shape index (κ3) is 3.50. The number of rotatable bonds is 7. The van der Waals surface area contributed by atoms with E-state index in [1.165, 1.54) is 5.38 Å². The first kappa shape index (κ1) is 14.4. The minimum Gasteiger partial charge on any atom is -0.461 e. The Morgan fingerprint density at radius 1 is 1.75 bits per heavy atom. The van der Waals surface area contributed by atoms with E-state index in [1.807, 2.05) is 0 Å². The Labute approximate surface area is 117 Å². The molecule has 2 unspecified atom stereocenters. The van der Waals surface area contributed by atoms with Gasteiger partial charge in [-0.3, -0.25) is 4.79 Å². The van der Waals surface area contributed by atoms with Crippen LogP contribution in [-0.2, 0) is 19.2 Å². The van der Waals surface area contributed by atoms with Crippen LogP contribution in [0.1, 0.15) is 19.0 Å². The SMILES string of the molecule is CCOC(=O)C(=NOC1CC1F)c1csc(NC=O)n1. The second kappa shape index (κ2) is 6.42. The average molecular weight is 301 g/mol. The number of oxime groups is 1. The minimum atomic E-state index is -1.05. The van der Waals surface area contributed by atoms with E-state index in [2.05, 4.69) is 15.5 Å². The van der Waals surface area contributed by atoms with Gasteiger partial charge >= 0.3 is 5.97 Å². The van der Waals surface area contributed by atoms with Crippen LogP contribution in [0.15, 0.2) is 10.5 Å². The first-order valence-corrected chi connectivity index (χ1v) is 6.74. The number of amides is 1. The number of carbonyl (C=O) groups excluding carboxylic acids is 2. The lowest BCUT2D eigenvalue weighted by molar-refractivity contribution is -0.135. The Hall–Kier alpha value is -2.03. The third-order valence-electron chi connectivity index (χ3n) is 2.34. The first-order chi connectivity index (χ1) is 9.65. The zero-order chi connectivity index (χ0) is 14.5. The molecule has 0 saturated heterocycles. The lowest BCUT2D eigenvalue weighted by Gasteiger charge is -2.03. The molecular formula is C11H12FN3O4S. The van der Waals surface area contributed by atoms with Gasteiger partial charge in [0.1, 0.15) is 11.9 Å². The Bertz CT molecular complexity index is 533. The number of anilines is 1. The Morgan fingerprint density at radius 3 is 3.10 bits per heavy atom. The molecular weight excluding hydrogens is 289 g/mol. The van der Waals surface area contributed by atoms with Gasteiger partial charge in [0.2, 0.25) is 12.1 Å². The predicted molar refractivity (Wildman–Crippen MR) is 69.4 cm³/mol. The molecule has 1 saturated carbocycles. The fourth-order valence-electron chi connectivity index (χ4n) is 1.26. The lowest BCUT2D eigenvalue weighted by atomic mass is 10.3. The van der Waals surface area contributed by atoms with Crippen molar-refractivity contribution in [2.45, 2.75) is 25.6 Å². The van der Waals surface area contributed by atoms with Gasteiger partial charge in [-0.15, -0.1) is 11.3 Å². The molecule has 2 atom stereocenters. The van der Waals surface area contributed by atoms with Crippen molar-refractivity contribution in [1.29, 1.82) is 0 Å². The van der Waals surface area contributed by atoms with Crippen LogP contribution in [0.4, 0.5) is 9.52 Å². The molecule has 108 valence electrons. The summed E-state index contributed by atoms with van der Waals surface area (Å²) < 4.78 is 17.5. The van der Waals surface area contributed by atoms with Crippen LogP contribution in [0, 0.1) is 0 Å². The summed E-state index contributed by atoms with van der Waals surface area (Å²) in [5.74, 6) is -0.716. The fraction of sp³-hybridized carbons (Fsp3) is 0.455. The highest BCUT2D eigenvalue weighted by Gasteiger charge is 2.41. The van der Waals surface area contributed by atoms with Crippen molar-refractivity contribution >= 4 is 34.6 Å². The van der Waals surface area contributed by atoms with Crippen LogP contribution in [0.3, 0.4) is 0 Å². The van der Waals surface area contributed by atoms with Gasteiger partial charge < -0.3 is 14.9 Å². The van der Waals surface area contributed by atoms with E-state index in [9.17, 15) is 14.0 Å². The zero-order valence-corrected chi connectivity index (χ0v) is 11.4. The first-order valence-electron chi connectivity index (χ1n) is 5.86. The molecule has 7 nitrogen and oxygen atoms in total. The van der Waals surface area contributed by atoms with Gasteiger partial charge in [-0.25, -0.2) is 14.2 Å². The van der Waals surface area contributed by atoms with Crippen molar-refractivity contribution in [2.24, 2.45) is 5.16 Å². The molecule has 1 aliphatic rings.